The van der Waals surface area contributed by atoms with Crippen LogP contribution in [0.15, 0.2) is 76.2 Å². The second kappa shape index (κ2) is 12.6. The average molecular weight is 517 g/mol. The van der Waals surface area contributed by atoms with E-state index in [0.29, 0.717) is 35.4 Å². The van der Waals surface area contributed by atoms with Crippen LogP contribution >= 0.6 is 0 Å². The van der Waals surface area contributed by atoms with E-state index in [2.05, 4.69) is 41.7 Å². The molecule has 1 unspecified atom stereocenters. The fourth-order valence-electron chi connectivity index (χ4n) is 4.70. The number of halogens is 1. The van der Waals surface area contributed by atoms with Gasteiger partial charge < -0.3 is 5.32 Å². The zero-order valence-electron chi connectivity index (χ0n) is 23.1. The molecule has 1 atom stereocenters. The van der Waals surface area contributed by atoms with Crippen LogP contribution < -0.4 is 10.9 Å². The highest BCUT2D eigenvalue weighted by Crippen LogP contribution is 2.30. The van der Waals surface area contributed by atoms with Gasteiger partial charge in [-0.1, -0.05) is 24.3 Å². The fourth-order valence-corrected chi connectivity index (χ4v) is 4.70. The van der Waals surface area contributed by atoms with Gasteiger partial charge in [0.2, 0.25) is 0 Å². The lowest BCUT2D eigenvalue weighted by atomic mass is 9.92. The van der Waals surface area contributed by atoms with Gasteiger partial charge in [-0.25, -0.2) is 4.39 Å². The van der Waals surface area contributed by atoms with Crippen LogP contribution in [0.1, 0.15) is 48.7 Å². The van der Waals surface area contributed by atoms with Crippen LogP contribution in [0.5, 0.6) is 0 Å². The number of rotatable bonds is 9. The molecule has 1 aliphatic rings. The number of aliphatic imine (C=N–C) groups is 1. The number of nitrogens with zero attached hydrogens (tertiary/aromatic N) is 3. The highest BCUT2D eigenvalue weighted by Gasteiger charge is 2.22. The summed E-state index contributed by atoms with van der Waals surface area (Å²) in [6.45, 7) is 13.2. The van der Waals surface area contributed by atoms with E-state index in [1.165, 1.54) is 13.0 Å². The monoisotopic (exact) mass is 516 g/mol. The molecule has 1 aromatic carbocycles. The fraction of sp³-hybridized carbons (Fsp3) is 0.323. The highest BCUT2D eigenvalue weighted by atomic mass is 19.1. The summed E-state index contributed by atoms with van der Waals surface area (Å²) < 4.78 is 16.4. The molecule has 200 valence electrons. The van der Waals surface area contributed by atoms with Crippen LogP contribution in [0, 0.1) is 12.7 Å². The van der Waals surface area contributed by atoms with Gasteiger partial charge in [0, 0.05) is 68.5 Å². The summed E-state index contributed by atoms with van der Waals surface area (Å²) in [7, 11) is 3.45. The van der Waals surface area contributed by atoms with Crippen molar-refractivity contribution in [3.05, 3.63) is 99.3 Å². The Hall–Kier alpha value is -3.84. The number of anilines is 1. The lowest BCUT2D eigenvalue weighted by Gasteiger charge is -2.33. The first-order valence-corrected chi connectivity index (χ1v) is 12.7. The molecule has 0 amide bonds. The first kappa shape index (κ1) is 28.7. The van der Waals surface area contributed by atoms with E-state index < -0.39 is 0 Å². The van der Waals surface area contributed by atoms with Crippen LogP contribution in [0.4, 0.5) is 10.1 Å². The van der Waals surface area contributed by atoms with Gasteiger partial charge in [0.05, 0.1) is 5.70 Å². The van der Waals surface area contributed by atoms with Crippen LogP contribution in [0.25, 0.3) is 11.3 Å². The van der Waals surface area contributed by atoms with Crippen LogP contribution in [0.2, 0.25) is 0 Å². The van der Waals surface area contributed by atoms with Gasteiger partial charge >= 0.3 is 0 Å². The lowest BCUT2D eigenvalue weighted by molar-refractivity contribution is 0.101. The number of carbonyl (C=O) groups excluding carboxylic acids is 1. The molecule has 2 heterocycles. The van der Waals surface area contributed by atoms with E-state index in [-0.39, 0.29) is 23.2 Å². The molecule has 0 saturated heterocycles. The summed E-state index contributed by atoms with van der Waals surface area (Å²) >= 11 is 0. The van der Waals surface area contributed by atoms with Gasteiger partial charge in [-0.2, -0.15) is 0 Å². The van der Waals surface area contributed by atoms with Gasteiger partial charge in [0.15, 0.2) is 5.78 Å². The number of allylic oxidation sites excluding steroid dienone is 4. The summed E-state index contributed by atoms with van der Waals surface area (Å²) in [6, 6.07) is 6.59. The first-order chi connectivity index (χ1) is 18.1. The van der Waals surface area contributed by atoms with Crippen molar-refractivity contribution >= 4 is 29.0 Å². The Bertz CT molecular complexity index is 1390. The summed E-state index contributed by atoms with van der Waals surface area (Å²) in [5.41, 5.74) is 5.77. The Labute approximate surface area is 224 Å². The summed E-state index contributed by atoms with van der Waals surface area (Å²) in [6.07, 6.45) is 9.94. The Morgan fingerprint density at radius 1 is 1.26 bits per heavy atom. The van der Waals surface area contributed by atoms with Gasteiger partial charge in [-0.15, -0.1) is 0 Å². The Kier molecular flexibility index (Phi) is 9.53. The number of pyridine rings is 1. The normalized spacial score (nSPS) is 15.9. The zero-order chi connectivity index (χ0) is 28.0. The first-order valence-electron chi connectivity index (χ1n) is 12.7. The zero-order valence-corrected chi connectivity index (χ0v) is 23.1. The number of hydrogen-bond acceptors (Lipinski definition) is 5. The standard InChI is InChI=1S/C31H37FN4O2/c1-20(16-21(2)29(8-12-33-6)36-15-11-27(34-7)19-30(36)38)23(4)35-13-9-25(10-14-35)31-22(3)17-26(24(5)37)18-28(31)32/h8-9,11-12,15-19,23,34H,2,10,13-14H2,1,3-7H3/b20-16+,29-8+,33-12?. The van der Waals surface area contributed by atoms with Crippen molar-refractivity contribution in [1.29, 1.82) is 0 Å². The number of Topliss-reactive ketones (excluding diaryl/α,β-unsaturated/α-hetero) is 1. The van der Waals surface area contributed by atoms with E-state index in [1.54, 1.807) is 49.3 Å². The molecule has 1 aromatic heterocycles. The molecule has 38 heavy (non-hydrogen) atoms. The SMILES string of the molecule is C=C(/C=C(\C)C(C)N1CC=C(c2c(C)cc(C(C)=O)cc2F)CC1)/C(=C\C=NC)n1ccc(NC)cc1=O. The van der Waals surface area contributed by atoms with Gasteiger partial charge in [-0.05, 0) is 75.1 Å². The number of benzene rings is 1. The van der Waals surface area contributed by atoms with E-state index in [0.717, 1.165) is 28.9 Å². The molecule has 0 saturated carbocycles. The molecule has 7 heteroatoms. The summed E-state index contributed by atoms with van der Waals surface area (Å²) in [5, 5.41) is 2.98. The van der Waals surface area contributed by atoms with Gasteiger partial charge in [0.25, 0.3) is 5.56 Å². The minimum Gasteiger partial charge on any atom is -0.388 e. The van der Waals surface area contributed by atoms with Crippen molar-refractivity contribution in [3.8, 4) is 0 Å². The molecule has 0 aliphatic carbocycles. The predicted octanol–water partition coefficient (Wildman–Crippen LogP) is 5.76. The molecule has 0 bridgehead atoms. The molecule has 0 spiro atoms. The minimum atomic E-state index is -0.344. The van der Waals surface area contributed by atoms with Crippen molar-refractivity contribution in [2.24, 2.45) is 4.99 Å². The minimum absolute atomic E-state index is 0.111. The summed E-state index contributed by atoms with van der Waals surface area (Å²) in [5.74, 6) is -0.483. The van der Waals surface area contributed by atoms with Crippen molar-refractivity contribution in [3.63, 3.8) is 0 Å². The predicted molar refractivity (Wildman–Crippen MR) is 157 cm³/mol. The number of aryl methyl sites for hydroxylation is 1. The third-order valence-electron chi connectivity index (χ3n) is 7.04. The molecule has 0 radical (unpaired) electrons. The molecule has 0 fully saturated rings. The number of ketones is 1. The Morgan fingerprint density at radius 2 is 2.00 bits per heavy atom. The second-order valence-corrected chi connectivity index (χ2v) is 9.60. The Balaban J connectivity index is 1.81. The molecule has 1 aliphatic heterocycles. The molecule has 3 rings (SSSR count). The average Bonchev–Trinajstić information content (AvgIpc) is 2.89. The number of aromatic nitrogens is 1. The van der Waals surface area contributed by atoms with E-state index in [9.17, 15) is 14.0 Å². The summed E-state index contributed by atoms with van der Waals surface area (Å²) in [4.78, 5) is 30.8. The van der Waals surface area contributed by atoms with E-state index >= 15 is 0 Å². The van der Waals surface area contributed by atoms with Crippen molar-refractivity contribution in [2.75, 3.05) is 32.5 Å². The largest absolute Gasteiger partial charge is 0.388 e. The molecule has 1 N–H and O–H groups in total. The topological polar surface area (TPSA) is 66.7 Å². The molecule has 2 aromatic rings. The van der Waals surface area contributed by atoms with Crippen molar-refractivity contribution in [2.45, 2.75) is 40.2 Å². The molecular formula is C31H37FN4O2. The quantitative estimate of drug-likeness (QED) is 0.261. The highest BCUT2D eigenvalue weighted by molar-refractivity contribution is 5.94. The number of hydrogen-bond donors (Lipinski definition) is 1. The van der Waals surface area contributed by atoms with E-state index in [4.69, 9.17) is 0 Å². The smallest absolute Gasteiger partial charge is 0.257 e. The molecule has 6 nitrogen and oxygen atoms in total. The van der Waals surface area contributed by atoms with Gasteiger partial charge in [-0.3, -0.25) is 24.0 Å². The molecular weight excluding hydrogens is 479 g/mol. The maximum atomic E-state index is 14.9. The van der Waals surface area contributed by atoms with Crippen LogP contribution in [-0.2, 0) is 0 Å². The number of nitrogens with one attached hydrogen (secondary N) is 1. The van der Waals surface area contributed by atoms with Crippen molar-refractivity contribution < 1.29 is 9.18 Å². The maximum absolute atomic E-state index is 14.9. The van der Waals surface area contributed by atoms with Gasteiger partial charge in [0.1, 0.15) is 5.82 Å². The van der Waals surface area contributed by atoms with Crippen molar-refractivity contribution in [1.82, 2.24) is 9.47 Å². The van der Waals surface area contributed by atoms with Crippen LogP contribution in [-0.4, -0.2) is 54.7 Å². The third kappa shape index (κ3) is 6.53. The number of carbonyl (C=O) groups is 1. The van der Waals surface area contributed by atoms with Crippen LogP contribution in [0.3, 0.4) is 0 Å². The Morgan fingerprint density at radius 3 is 2.55 bits per heavy atom. The maximum Gasteiger partial charge on any atom is 0.257 e. The third-order valence-corrected chi connectivity index (χ3v) is 7.04. The lowest BCUT2D eigenvalue weighted by Crippen LogP contribution is -2.37. The van der Waals surface area contributed by atoms with E-state index in [1.807, 2.05) is 19.1 Å². The second-order valence-electron chi connectivity index (χ2n) is 9.60.